The van der Waals surface area contributed by atoms with Crippen LogP contribution in [0.5, 0.6) is 0 Å². The van der Waals surface area contributed by atoms with E-state index in [9.17, 15) is 0 Å². The van der Waals surface area contributed by atoms with E-state index in [2.05, 4.69) is 167 Å². The fourth-order valence-electron chi connectivity index (χ4n) is 8.24. The van der Waals surface area contributed by atoms with E-state index in [-0.39, 0.29) is 0 Å². The molecule has 0 aliphatic heterocycles. The Balaban J connectivity index is 1.21. The Morgan fingerprint density at radius 2 is 1.08 bits per heavy atom. The zero-order valence-corrected chi connectivity index (χ0v) is 26.5. The highest BCUT2D eigenvalue weighted by atomic mass is 16.3. The second-order valence-corrected chi connectivity index (χ2v) is 12.9. The Morgan fingerprint density at radius 3 is 1.96 bits per heavy atom. The predicted molar refractivity (Wildman–Crippen MR) is 205 cm³/mol. The van der Waals surface area contributed by atoms with Crippen molar-refractivity contribution in [1.29, 1.82) is 0 Å². The highest BCUT2D eigenvalue weighted by Gasteiger charge is 2.26. The summed E-state index contributed by atoms with van der Waals surface area (Å²) in [4.78, 5) is 2.37. The third-order valence-electron chi connectivity index (χ3n) is 10.3. The van der Waals surface area contributed by atoms with Gasteiger partial charge in [0.2, 0.25) is 0 Å². The molecule has 3 nitrogen and oxygen atoms in total. The molecule has 0 unspecified atom stereocenters. The molecule has 2 heterocycles. The minimum atomic E-state index is 0.893. The average Bonchev–Trinajstić information content (AvgIpc) is 3.67. The quantitative estimate of drug-likeness (QED) is 0.194. The van der Waals surface area contributed by atoms with Gasteiger partial charge in [-0.05, 0) is 106 Å². The summed E-state index contributed by atoms with van der Waals surface area (Å²) in [6.45, 7) is 0. The molecule has 0 atom stereocenters. The number of hydrogen-bond donors (Lipinski definition) is 0. The monoisotopic (exact) mass is 624 g/mol. The number of fused-ring (bicyclic) bond motifs is 6. The molecule has 0 amide bonds. The van der Waals surface area contributed by atoms with Crippen LogP contribution in [0.2, 0.25) is 0 Å². The lowest BCUT2D eigenvalue weighted by Crippen LogP contribution is -2.10. The zero-order valence-electron chi connectivity index (χ0n) is 26.5. The van der Waals surface area contributed by atoms with Gasteiger partial charge in [0, 0.05) is 44.3 Å². The molecule has 0 fully saturated rings. The van der Waals surface area contributed by atoms with Crippen LogP contribution in [0.3, 0.4) is 0 Å². The maximum Gasteiger partial charge on any atom is 0.135 e. The first-order valence-electron chi connectivity index (χ1n) is 16.8. The number of aromatic nitrogens is 1. The van der Waals surface area contributed by atoms with E-state index in [1.807, 2.05) is 12.1 Å². The van der Waals surface area contributed by atoms with Crippen LogP contribution in [-0.2, 0) is 0 Å². The highest BCUT2D eigenvalue weighted by molar-refractivity contribution is 6.30. The lowest BCUT2D eigenvalue weighted by Gasteiger charge is -2.27. The van der Waals surface area contributed by atoms with Crippen molar-refractivity contribution in [2.24, 2.45) is 0 Å². The van der Waals surface area contributed by atoms with E-state index >= 15 is 0 Å². The maximum atomic E-state index is 6.22. The molecule has 228 valence electrons. The third kappa shape index (κ3) is 3.73. The van der Waals surface area contributed by atoms with Gasteiger partial charge in [0.1, 0.15) is 11.2 Å². The van der Waals surface area contributed by atoms with Crippen molar-refractivity contribution < 1.29 is 4.42 Å². The fraction of sp³-hybridized carbons (Fsp3) is 0. The van der Waals surface area contributed by atoms with Gasteiger partial charge >= 0.3 is 0 Å². The van der Waals surface area contributed by atoms with Gasteiger partial charge in [-0.3, -0.25) is 0 Å². The number of para-hydroxylation sites is 3. The molecular weight excluding hydrogens is 597 g/mol. The number of hydrogen-bond acceptors (Lipinski definition) is 2. The van der Waals surface area contributed by atoms with Crippen molar-refractivity contribution in [1.82, 2.24) is 4.57 Å². The smallest absolute Gasteiger partial charge is 0.135 e. The number of furan rings is 1. The second-order valence-electron chi connectivity index (χ2n) is 12.9. The lowest BCUT2D eigenvalue weighted by atomic mass is 9.92. The molecule has 0 N–H and O–H groups in total. The average molecular weight is 625 g/mol. The van der Waals surface area contributed by atoms with Crippen molar-refractivity contribution in [3.8, 4) is 27.9 Å². The summed E-state index contributed by atoms with van der Waals surface area (Å²) in [5, 5.41) is 7.43. The number of rotatable bonds is 4. The summed E-state index contributed by atoms with van der Waals surface area (Å²) in [5.74, 6) is 0. The summed E-state index contributed by atoms with van der Waals surface area (Å²) >= 11 is 0. The molecular formula is C46H28N2O. The first-order valence-corrected chi connectivity index (χ1v) is 16.8. The Morgan fingerprint density at radius 1 is 0.388 bits per heavy atom. The second kappa shape index (κ2) is 9.96. The lowest BCUT2D eigenvalue weighted by molar-refractivity contribution is 0.669. The molecule has 0 saturated carbocycles. The first-order chi connectivity index (χ1) is 24.3. The molecule has 0 radical (unpaired) electrons. The highest BCUT2D eigenvalue weighted by Crippen LogP contribution is 2.51. The molecule has 3 heteroatoms. The van der Waals surface area contributed by atoms with Crippen molar-refractivity contribution in [3.63, 3.8) is 0 Å². The van der Waals surface area contributed by atoms with Crippen LogP contribution >= 0.6 is 0 Å². The van der Waals surface area contributed by atoms with Crippen LogP contribution in [0.4, 0.5) is 17.1 Å². The van der Waals surface area contributed by atoms with Gasteiger partial charge in [0.15, 0.2) is 0 Å². The zero-order chi connectivity index (χ0) is 32.1. The summed E-state index contributed by atoms with van der Waals surface area (Å²) in [7, 11) is 0. The summed E-state index contributed by atoms with van der Waals surface area (Å²) in [6, 6.07) is 61.4. The van der Waals surface area contributed by atoms with Gasteiger partial charge in [-0.25, -0.2) is 0 Å². The van der Waals surface area contributed by atoms with E-state index in [4.69, 9.17) is 4.42 Å². The fourth-order valence-corrected chi connectivity index (χ4v) is 8.24. The van der Waals surface area contributed by atoms with Gasteiger partial charge in [0.25, 0.3) is 0 Å². The van der Waals surface area contributed by atoms with Crippen molar-refractivity contribution in [2.75, 3.05) is 4.90 Å². The predicted octanol–water partition coefficient (Wildman–Crippen LogP) is 13.0. The molecule has 8 aromatic carbocycles. The molecule has 1 aliphatic carbocycles. The molecule has 10 aromatic rings. The molecule has 49 heavy (non-hydrogen) atoms. The molecule has 1 aliphatic rings. The SMILES string of the molecule is c1ccc(N(c2ccc3c(c2)-c2cccc4c2c2c5c-3cccc5ccc2n4-c2ccccc2)c2ccc3oc4ccccc4c3c2)cc1. The minimum Gasteiger partial charge on any atom is -0.456 e. The van der Waals surface area contributed by atoms with Crippen LogP contribution in [0.1, 0.15) is 0 Å². The van der Waals surface area contributed by atoms with Crippen LogP contribution in [0.25, 0.3) is 82.5 Å². The summed E-state index contributed by atoms with van der Waals surface area (Å²) in [6.07, 6.45) is 0. The molecule has 11 rings (SSSR count). The minimum absolute atomic E-state index is 0.893. The topological polar surface area (TPSA) is 21.3 Å². The van der Waals surface area contributed by atoms with E-state index in [1.54, 1.807) is 0 Å². The first kappa shape index (κ1) is 26.5. The third-order valence-corrected chi connectivity index (χ3v) is 10.3. The van der Waals surface area contributed by atoms with Crippen LogP contribution in [0.15, 0.2) is 174 Å². The van der Waals surface area contributed by atoms with E-state index < -0.39 is 0 Å². The Bertz CT molecular complexity index is 2930. The van der Waals surface area contributed by atoms with E-state index in [0.29, 0.717) is 0 Å². The van der Waals surface area contributed by atoms with Crippen molar-refractivity contribution >= 4 is 71.6 Å². The van der Waals surface area contributed by atoms with Crippen LogP contribution < -0.4 is 4.90 Å². The van der Waals surface area contributed by atoms with E-state index in [1.165, 1.54) is 60.5 Å². The van der Waals surface area contributed by atoms with Crippen molar-refractivity contribution in [2.45, 2.75) is 0 Å². The van der Waals surface area contributed by atoms with Gasteiger partial charge in [0.05, 0.1) is 11.0 Å². The van der Waals surface area contributed by atoms with Crippen LogP contribution in [0, 0.1) is 0 Å². The molecule has 0 spiro atoms. The van der Waals surface area contributed by atoms with Gasteiger partial charge < -0.3 is 13.9 Å². The van der Waals surface area contributed by atoms with Gasteiger partial charge in [-0.2, -0.15) is 0 Å². The molecule has 0 bridgehead atoms. The Hall–Kier alpha value is -6.58. The van der Waals surface area contributed by atoms with Gasteiger partial charge in [-0.15, -0.1) is 0 Å². The maximum absolute atomic E-state index is 6.22. The largest absolute Gasteiger partial charge is 0.456 e. The summed E-state index contributed by atoms with van der Waals surface area (Å²) < 4.78 is 8.65. The molecule has 2 aromatic heterocycles. The van der Waals surface area contributed by atoms with Crippen LogP contribution in [-0.4, -0.2) is 4.57 Å². The number of anilines is 3. The normalized spacial score (nSPS) is 12.1. The Labute approximate surface area is 282 Å². The van der Waals surface area contributed by atoms with E-state index in [0.717, 1.165) is 39.0 Å². The summed E-state index contributed by atoms with van der Waals surface area (Å²) in [5.41, 5.74) is 13.7. The molecule has 0 saturated heterocycles. The van der Waals surface area contributed by atoms with Crippen molar-refractivity contribution in [3.05, 3.63) is 170 Å². The number of benzene rings is 8. The standard InChI is InChI=1S/C46H28N2O/c1-3-12-30(13-4-1)47(33-23-26-43-39(28-33)35-16-7-8-20-42(35)49-43)32-22-24-34-36-17-9-11-29-21-25-41-46(44(29)36)45-37(38(34)27-32)18-10-19-40(45)48(41)31-14-5-2-6-15-31/h1-28H. The Kier molecular flexibility index (Phi) is 5.38. The number of nitrogens with zero attached hydrogens (tertiary/aromatic N) is 2. The van der Waals surface area contributed by atoms with Gasteiger partial charge in [-0.1, -0.05) is 97.1 Å².